The average molecular weight is 327 g/mol. The Morgan fingerprint density at radius 3 is 2.70 bits per heavy atom. The van der Waals surface area contributed by atoms with Gasteiger partial charge in [-0.2, -0.15) is 0 Å². The highest BCUT2D eigenvalue weighted by Gasteiger charge is 2.17. The molecule has 0 radical (unpaired) electrons. The molecule has 2 aromatic rings. The molecule has 120 valence electrons. The molecule has 0 spiro atoms. The van der Waals surface area contributed by atoms with E-state index >= 15 is 0 Å². The SMILES string of the molecule is O=C(NCc1ccccc1)c1ccccc1SC[C@@H]1CCCO1. The minimum absolute atomic E-state index is 0.0238. The molecule has 1 N–H and O–H groups in total. The number of nitrogens with one attached hydrogen (secondary N) is 1. The van der Waals surface area contributed by atoms with Crippen LogP contribution in [-0.4, -0.2) is 24.4 Å². The molecule has 1 atom stereocenters. The Kier molecular flexibility index (Phi) is 5.72. The first-order valence-electron chi connectivity index (χ1n) is 7.98. The number of rotatable bonds is 6. The van der Waals surface area contributed by atoms with Crippen molar-refractivity contribution in [2.75, 3.05) is 12.4 Å². The monoisotopic (exact) mass is 327 g/mol. The minimum atomic E-state index is -0.0238. The Morgan fingerprint density at radius 2 is 1.91 bits per heavy atom. The molecule has 1 amide bonds. The molecule has 4 heteroatoms. The van der Waals surface area contributed by atoms with Crippen LogP contribution in [0.3, 0.4) is 0 Å². The molecule has 0 bridgehead atoms. The van der Waals surface area contributed by atoms with Gasteiger partial charge < -0.3 is 10.1 Å². The molecule has 23 heavy (non-hydrogen) atoms. The van der Waals surface area contributed by atoms with Crippen LogP contribution >= 0.6 is 11.8 Å². The molecule has 3 nitrogen and oxygen atoms in total. The Balaban J connectivity index is 1.60. The molecule has 2 aromatic carbocycles. The molecule has 0 saturated carbocycles. The van der Waals surface area contributed by atoms with Crippen molar-refractivity contribution in [2.24, 2.45) is 0 Å². The summed E-state index contributed by atoms with van der Waals surface area (Å²) in [5.74, 6) is 0.882. The van der Waals surface area contributed by atoms with E-state index in [9.17, 15) is 4.79 Å². The van der Waals surface area contributed by atoms with Crippen molar-refractivity contribution in [1.29, 1.82) is 0 Å². The van der Waals surface area contributed by atoms with Gasteiger partial charge in [0.2, 0.25) is 0 Å². The van der Waals surface area contributed by atoms with Crippen LogP contribution in [0.5, 0.6) is 0 Å². The van der Waals surface area contributed by atoms with Gasteiger partial charge in [-0.1, -0.05) is 42.5 Å². The van der Waals surface area contributed by atoms with Crippen LogP contribution < -0.4 is 5.32 Å². The van der Waals surface area contributed by atoms with Crippen LogP contribution in [0.4, 0.5) is 0 Å². The lowest BCUT2D eigenvalue weighted by atomic mass is 10.2. The van der Waals surface area contributed by atoms with Crippen LogP contribution in [0.1, 0.15) is 28.8 Å². The second kappa shape index (κ2) is 8.18. The van der Waals surface area contributed by atoms with Crippen molar-refractivity contribution in [3.05, 3.63) is 65.7 Å². The number of amides is 1. The van der Waals surface area contributed by atoms with E-state index in [1.54, 1.807) is 11.8 Å². The quantitative estimate of drug-likeness (QED) is 0.818. The summed E-state index contributed by atoms with van der Waals surface area (Å²) < 4.78 is 5.66. The molecule has 1 aliphatic heterocycles. The summed E-state index contributed by atoms with van der Waals surface area (Å²) in [5.41, 5.74) is 1.84. The van der Waals surface area contributed by atoms with E-state index in [2.05, 4.69) is 5.32 Å². The molecule has 1 fully saturated rings. The summed E-state index contributed by atoms with van der Waals surface area (Å²) in [5, 5.41) is 3.00. The highest BCUT2D eigenvalue weighted by Crippen LogP contribution is 2.26. The number of benzene rings is 2. The normalized spacial score (nSPS) is 17.1. The van der Waals surface area contributed by atoms with E-state index in [4.69, 9.17) is 4.74 Å². The number of carbonyl (C=O) groups is 1. The lowest BCUT2D eigenvalue weighted by molar-refractivity contribution is 0.0948. The van der Waals surface area contributed by atoms with Crippen molar-refractivity contribution in [3.8, 4) is 0 Å². The number of hydrogen-bond acceptors (Lipinski definition) is 3. The minimum Gasteiger partial charge on any atom is -0.377 e. The molecule has 1 heterocycles. The van der Waals surface area contributed by atoms with Gasteiger partial charge in [-0.3, -0.25) is 4.79 Å². The zero-order valence-corrected chi connectivity index (χ0v) is 13.9. The largest absolute Gasteiger partial charge is 0.377 e. The Hall–Kier alpha value is -1.78. The predicted octanol–water partition coefficient (Wildman–Crippen LogP) is 3.89. The fraction of sp³-hybridized carbons (Fsp3) is 0.316. The highest BCUT2D eigenvalue weighted by atomic mass is 32.2. The third-order valence-corrected chi connectivity index (χ3v) is 5.08. The van der Waals surface area contributed by atoms with Gasteiger partial charge in [0.1, 0.15) is 0 Å². The number of carbonyl (C=O) groups excluding carboxylic acids is 1. The fourth-order valence-electron chi connectivity index (χ4n) is 2.61. The van der Waals surface area contributed by atoms with Crippen molar-refractivity contribution in [2.45, 2.75) is 30.4 Å². The number of hydrogen-bond donors (Lipinski definition) is 1. The summed E-state index contributed by atoms with van der Waals surface area (Å²) in [7, 11) is 0. The van der Waals surface area contributed by atoms with Gasteiger partial charge in [-0.25, -0.2) is 0 Å². The first-order chi connectivity index (χ1) is 11.3. The topological polar surface area (TPSA) is 38.3 Å². The van der Waals surface area contributed by atoms with Crippen LogP contribution in [-0.2, 0) is 11.3 Å². The fourth-order valence-corrected chi connectivity index (χ4v) is 3.73. The third kappa shape index (κ3) is 4.60. The second-order valence-corrected chi connectivity index (χ2v) is 6.67. The summed E-state index contributed by atoms with van der Waals surface area (Å²) in [6.45, 7) is 1.41. The molecular formula is C19H21NO2S. The van der Waals surface area contributed by atoms with Gasteiger partial charge in [0, 0.05) is 23.8 Å². The Labute approximate surface area is 141 Å². The highest BCUT2D eigenvalue weighted by molar-refractivity contribution is 7.99. The van der Waals surface area contributed by atoms with Crippen molar-refractivity contribution in [1.82, 2.24) is 5.32 Å². The van der Waals surface area contributed by atoms with Gasteiger partial charge in [0.15, 0.2) is 0 Å². The molecule has 1 saturated heterocycles. The molecular weight excluding hydrogens is 306 g/mol. The molecule has 0 aliphatic carbocycles. The zero-order valence-electron chi connectivity index (χ0n) is 13.0. The lowest BCUT2D eigenvalue weighted by Crippen LogP contribution is -2.23. The first-order valence-corrected chi connectivity index (χ1v) is 8.97. The van der Waals surface area contributed by atoms with Gasteiger partial charge in [0.25, 0.3) is 5.91 Å². The van der Waals surface area contributed by atoms with Crippen LogP contribution in [0.15, 0.2) is 59.5 Å². The Morgan fingerprint density at radius 1 is 1.13 bits per heavy atom. The van der Waals surface area contributed by atoms with Crippen molar-refractivity contribution < 1.29 is 9.53 Å². The van der Waals surface area contributed by atoms with Gasteiger partial charge in [-0.05, 0) is 30.5 Å². The van der Waals surface area contributed by atoms with E-state index in [-0.39, 0.29) is 5.91 Å². The maximum absolute atomic E-state index is 12.5. The van der Waals surface area contributed by atoms with E-state index in [1.807, 2.05) is 54.6 Å². The molecule has 0 aromatic heterocycles. The van der Waals surface area contributed by atoms with E-state index in [0.29, 0.717) is 12.6 Å². The Bertz CT molecular complexity index is 639. The van der Waals surface area contributed by atoms with Crippen LogP contribution in [0.2, 0.25) is 0 Å². The lowest BCUT2D eigenvalue weighted by Gasteiger charge is -2.12. The van der Waals surface area contributed by atoms with Crippen LogP contribution in [0.25, 0.3) is 0 Å². The molecule has 1 aliphatic rings. The van der Waals surface area contributed by atoms with E-state index in [1.165, 1.54) is 0 Å². The van der Waals surface area contributed by atoms with Crippen molar-refractivity contribution in [3.63, 3.8) is 0 Å². The van der Waals surface area contributed by atoms with E-state index in [0.717, 1.165) is 41.2 Å². The van der Waals surface area contributed by atoms with Crippen LogP contribution in [0, 0.1) is 0 Å². The molecule has 3 rings (SSSR count). The number of ether oxygens (including phenoxy) is 1. The maximum atomic E-state index is 12.5. The van der Waals surface area contributed by atoms with Crippen molar-refractivity contribution >= 4 is 17.7 Å². The van der Waals surface area contributed by atoms with Gasteiger partial charge in [-0.15, -0.1) is 11.8 Å². The average Bonchev–Trinajstić information content (AvgIpc) is 3.12. The molecule has 0 unspecified atom stereocenters. The zero-order chi connectivity index (χ0) is 15.9. The standard InChI is InChI=1S/C19H21NO2S/c21-19(20-13-15-7-2-1-3-8-15)17-10-4-5-11-18(17)23-14-16-9-6-12-22-16/h1-5,7-8,10-11,16H,6,9,12-14H2,(H,20,21)/t16-/m0/s1. The summed E-state index contributed by atoms with van der Waals surface area (Å²) in [6.07, 6.45) is 2.58. The van der Waals surface area contributed by atoms with Gasteiger partial charge in [0.05, 0.1) is 11.7 Å². The summed E-state index contributed by atoms with van der Waals surface area (Å²) >= 11 is 1.71. The second-order valence-electron chi connectivity index (χ2n) is 5.61. The predicted molar refractivity (Wildman–Crippen MR) is 93.8 cm³/mol. The number of thioether (sulfide) groups is 1. The third-order valence-electron chi connectivity index (χ3n) is 3.88. The smallest absolute Gasteiger partial charge is 0.252 e. The van der Waals surface area contributed by atoms with Gasteiger partial charge >= 0.3 is 0 Å². The first kappa shape index (κ1) is 16.1. The van der Waals surface area contributed by atoms with E-state index < -0.39 is 0 Å². The maximum Gasteiger partial charge on any atom is 0.252 e. The summed E-state index contributed by atoms with van der Waals surface area (Å²) in [4.78, 5) is 13.5. The summed E-state index contributed by atoms with van der Waals surface area (Å²) in [6, 6.07) is 17.7.